The van der Waals surface area contributed by atoms with Crippen molar-refractivity contribution in [2.75, 3.05) is 19.8 Å². The topological polar surface area (TPSA) is 43.2 Å². The van der Waals surface area contributed by atoms with Crippen LogP contribution in [0.25, 0.3) is 0 Å². The molecule has 0 spiro atoms. The molecule has 1 aliphatic carbocycles. The Morgan fingerprint density at radius 2 is 2.17 bits per heavy atom. The Labute approximate surface area is 143 Å². The molecule has 128 valence electrons. The van der Waals surface area contributed by atoms with Crippen LogP contribution in [0.4, 0.5) is 0 Å². The van der Waals surface area contributed by atoms with E-state index < -0.39 is 0 Å². The van der Waals surface area contributed by atoms with Crippen LogP contribution >= 0.6 is 0 Å². The van der Waals surface area contributed by atoms with Gasteiger partial charge in [-0.2, -0.15) is 5.10 Å². The van der Waals surface area contributed by atoms with Gasteiger partial charge in [0.25, 0.3) is 0 Å². The van der Waals surface area contributed by atoms with E-state index in [2.05, 4.69) is 39.8 Å². The summed E-state index contributed by atoms with van der Waals surface area (Å²) < 4.78 is 8.06. The van der Waals surface area contributed by atoms with Crippen molar-refractivity contribution in [2.45, 2.75) is 45.3 Å². The first-order valence-corrected chi connectivity index (χ1v) is 9.08. The van der Waals surface area contributed by atoms with E-state index in [-0.39, 0.29) is 0 Å². The summed E-state index contributed by atoms with van der Waals surface area (Å²) >= 11 is 0. The maximum atomic E-state index is 6.00. The number of hydrogen-bond donors (Lipinski definition) is 0. The van der Waals surface area contributed by atoms with Crippen LogP contribution in [0.2, 0.25) is 0 Å². The highest BCUT2D eigenvalue weighted by Crippen LogP contribution is 2.31. The second-order valence-electron chi connectivity index (χ2n) is 7.06. The molecule has 24 heavy (non-hydrogen) atoms. The molecule has 5 nitrogen and oxygen atoms in total. The lowest BCUT2D eigenvalue weighted by Crippen LogP contribution is -2.35. The molecule has 0 bridgehead atoms. The minimum absolute atomic E-state index is 0.365. The fraction of sp³-hybridized carbons (Fsp3) is 0.579. The predicted molar refractivity (Wildman–Crippen MR) is 92.5 cm³/mol. The summed E-state index contributed by atoms with van der Waals surface area (Å²) in [6.07, 6.45) is 6.75. The van der Waals surface area contributed by atoms with Gasteiger partial charge in [-0.05, 0) is 37.8 Å². The zero-order chi connectivity index (χ0) is 16.4. The van der Waals surface area contributed by atoms with Crippen LogP contribution in [-0.2, 0) is 24.4 Å². The summed E-state index contributed by atoms with van der Waals surface area (Å²) in [6.45, 7) is 7.59. The number of fused-ring (bicyclic) bond motifs is 1. The van der Waals surface area contributed by atoms with Gasteiger partial charge in [0.1, 0.15) is 0 Å². The molecule has 2 aliphatic rings. The Kier molecular flexibility index (Phi) is 4.63. The highest BCUT2D eigenvalue weighted by molar-refractivity contribution is 5.25. The Morgan fingerprint density at radius 3 is 2.92 bits per heavy atom. The van der Waals surface area contributed by atoms with E-state index in [1.54, 1.807) is 0 Å². The Balaban J connectivity index is 1.47. The van der Waals surface area contributed by atoms with Gasteiger partial charge in [0, 0.05) is 56.7 Å². The lowest BCUT2D eigenvalue weighted by atomic mass is 9.97. The van der Waals surface area contributed by atoms with E-state index >= 15 is 0 Å². The molecule has 1 unspecified atom stereocenters. The van der Waals surface area contributed by atoms with E-state index in [1.165, 1.54) is 24.1 Å². The Bertz CT molecular complexity index is 665. The van der Waals surface area contributed by atoms with E-state index in [4.69, 9.17) is 9.84 Å². The van der Waals surface area contributed by atoms with Gasteiger partial charge in [0.05, 0.1) is 18.0 Å². The van der Waals surface area contributed by atoms with Crippen molar-refractivity contribution in [2.24, 2.45) is 5.92 Å². The predicted octanol–water partition coefficient (Wildman–Crippen LogP) is 2.82. The summed E-state index contributed by atoms with van der Waals surface area (Å²) in [5, 5.41) is 4.80. The van der Waals surface area contributed by atoms with Crippen molar-refractivity contribution in [1.82, 2.24) is 19.7 Å². The second-order valence-corrected chi connectivity index (χ2v) is 7.06. The maximum absolute atomic E-state index is 6.00. The van der Waals surface area contributed by atoms with E-state index in [0.717, 1.165) is 51.0 Å². The SMILES string of the molecule is CCn1cc2c(n1)C(COCC1CC1)CN(Cc1ccccn1)C2. The number of aromatic nitrogens is 3. The van der Waals surface area contributed by atoms with Crippen molar-refractivity contribution >= 4 is 0 Å². The average Bonchev–Trinajstić information content (AvgIpc) is 3.32. The molecule has 3 heterocycles. The van der Waals surface area contributed by atoms with Crippen molar-refractivity contribution < 1.29 is 4.74 Å². The summed E-state index contributed by atoms with van der Waals surface area (Å²) in [6, 6.07) is 6.13. The molecule has 1 aliphatic heterocycles. The van der Waals surface area contributed by atoms with E-state index in [1.807, 2.05) is 12.3 Å². The number of hydrogen-bond acceptors (Lipinski definition) is 4. The van der Waals surface area contributed by atoms with Crippen LogP contribution in [0.3, 0.4) is 0 Å². The smallest absolute Gasteiger partial charge is 0.0736 e. The number of aryl methyl sites for hydroxylation is 1. The molecule has 1 saturated carbocycles. The molecule has 1 fully saturated rings. The molecule has 0 amide bonds. The number of ether oxygens (including phenoxy) is 1. The Hall–Kier alpha value is -1.72. The third-order valence-corrected chi connectivity index (χ3v) is 4.93. The lowest BCUT2D eigenvalue weighted by molar-refractivity contribution is 0.0878. The monoisotopic (exact) mass is 326 g/mol. The van der Waals surface area contributed by atoms with Crippen molar-refractivity contribution in [1.29, 1.82) is 0 Å². The van der Waals surface area contributed by atoms with E-state index in [9.17, 15) is 0 Å². The van der Waals surface area contributed by atoms with Crippen molar-refractivity contribution in [3.8, 4) is 0 Å². The second kappa shape index (κ2) is 7.03. The van der Waals surface area contributed by atoms with Crippen molar-refractivity contribution in [3.05, 3.63) is 47.5 Å². The van der Waals surface area contributed by atoms with Gasteiger partial charge < -0.3 is 4.74 Å². The summed E-state index contributed by atoms with van der Waals surface area (Å²) in [7, 11) is 0. The van der Waals surface area contributed by atoms with Gasteiger partial charge in [0.2, 0.25) is 0 Å². The Morgan fingerprint density at radius 1 is 1.25 bits per heavy atom. The van der Waals surface area contributed by atoms with Crippen LogP contribution in [-0.4, -0.2) is 39.4 Å². The first-order valence-electron chi connectivity index (χ1n) is 9.08. The highest BCUT2D eigenvalue weighted by atomic mass is 16.5. The lowest BCUT2D eigenvalue weighted by Gasteiger charge is -2.31. The standard InChI is InChI=1S/C19H26N4O/c1-2-23-11-16-9-22(12-18-5-3-4-8-20-18)10-17(19(16)21-23)14-24-13-15-6-7-15/h3-5,8,11,15,17H,2,6-7,9-10,12-14H2,1H3. The summed E-state index contributed by atoms with van der Waals surface area (Å²) in [5.74, 6) is 1.18. The third kappa shape index (κ3) is 3.68. The number of nitrogens with zero attached hydrogens (tertiary/aromatic N) is 4. The van der Waals surface area contributed by atoms with Crippen LogP contribution in [0, 0.1) is 5.92 Å². The number of rotatable bonds is 7. The average molecular weight is 326 g/mol. The molecular weight excluding hydrogens is 300 g/mol. The highest BCUT2D eigenvalue weighted by Gasteiger charge is 2.30. The zero-order valence-corrected chi connectivity index (χ0v) is 14.4. The number of pyridine rings is 1. The molecule has 0 radical (unpaired) electrons. The van der Waals surface area contributed by atoms with Gasteiger partial charge in [-0.3, -0.25) is 14.6 Å². The van der Waals surface area contributed by atoms with Gasteiger partial charge >= 0.3 is 0 Å². The molecule has 0 saturated heterocycles. The fourth-order valence-electron chi connectivity index (χ4n) is 3.44. The quantitative estimate of drug-likeness (QED) is 0.785. The molecular formula is C19H26N4O. The summed E-state index contributed by atoms with van der Waals surface area (Å²) in [5.41, 5.74) is 3.71. The van der Waals surface area contributed by atoms with Gasteiger partial charge in [-0.1, -0.05) is 6.07 Å². The van der Waals surface area contributed by atoms with Crippen LogP contribution in [0.15, 0.2) is 30.6 Å². The van der Waals surface area contributed by atoms with Crippen LogP contribution in [0.5, 0.6) is 0 Å². The molecule has 2 aromatic rings. The van der Waals surface area contributed by atoms with Gasteiger partial charge in [-0.15, -0.1) is 0 Å². The van der Waals surface area contributed by atoms with Crippen molar-refractivity contribution in [3.63, 3.8) is 0 Å². The molecule has 1 atom stereocenters. The third-order valence-electron chi connectivity index (χ3n) is 4.93. The molecule has 0 aromatic carbocycles. The van der Waals surface area contributed by atoms with E-state index in [0.29, 0.717) is 5.92 Å². The summed E-state index contributed by atoms with van der Waals surface area (Å²) in [4.78, 5) is 6.94. The minimum atomic E-state index is 0.365. The van der Waals surface area contributed by atoms with Gasteiger partial charge in [0.15, 0.2) is 0 Å². The van der Waals surface area contributed by atoms with Gasteiger partial charge in [-0.25, -0.2) is 0 Å². The first-order chi connectivity index (χ1) is 11.8. The molecule has 0 N–H and O–H groups in total. The molecule has 4 rings (SSSR count). The zero-order valence-electron chi connectivity index (χ0n) is 14.4. The normalized spacial score (nSPS) is 21.0. The first kappa shape index (κ1) is 15.8. The minimum Gasteiger partial charge on any atom is -0.380 e. The maximum Gasteiger partial charge on any atom is 0.0736 e. The molecule has 5 heteroatoms. The van der Waals surface area contributed by atoms with Crippen LogP contribution in [0.1, 0.15) is 42.6 Å². The molecule has 2 aromatic heterocycles. The van der Waals surface area contributed by atoms with Crippen LogP contribution < -0.4 is 0 Å². The fourth-order valence-corrected chi connectivity index (χ4v) is 3.44. The largest absolute Gasteiger partial charge is 0.380 e.